The van der Waals surface area contributed by atoms with Crippen molar-refractivity contribution in [1.29, 1.82) is 0 Å². The molecule has 2 rings (SSSR count). The van der Waals surface area contributed by atoms with Crippen molar-refractivity contribution in [2.75, 3.05) is 18.2 Å². The third-order valence-electron chi connectivity index (χ3n) is 2.42. The molecule has 0 unspecified atom stereocenters. The van der Waals surface area contributed by atoms with Gasteiger partial charge in [-0.2, -0.15) is 0 Å². The minimum atomic E-state index is 0.536. The summed E-state index contributed by atoms with van der Waals surface area (Å²) < 4.78 is 5.09. The van der Waals surface area contributed by atoms with E-state index in [9.17, 15) is 0 Å². The molecule has 0 atom stereocenters. The summed E-state index contributed by atoms with van der Waals surface area (Å²) in [6.45, 7) is 0. The van der Waals surface area contributed by atoms with Gasteiger partial charge in [-0.1, -0.05) is 23.2 Å². The summed E-state index contributed by atoms with van der Waals surface area (Å²) in [6, 6.07) is 10.7. The zero-order valence-electron chi connectivity index (χ0n) is 9.71. The first kappa shape index (κ1) is 12.9. The van der Waals surface area contributed by atoms with Crippen LogP contribution in [0.2, 0.25) is 10.0 Å². The molecule has 94 valence electrons. The van der Waals surface area contributed by atoms with E-state index >= 15 is 0 Å². The molecule has 2 aromatic rings. The van der Waals surface area contributed by atoms with Gasteiger partial charge in [-0.3, -0.25) is 0 Å². The van der Waals surface area contributed by atoms with E-state index in [0.29, 0.717) is 21.5 Å². The standard InChI is InChI=1S/C13H12Cl2N2O/c1-18-13-5-3-9(7-11(13)15)17-12-4-2-8(16)6-10(12)14/h2-7,17H,16H2,1H3. The Kier molecular flexibility index (Phi) is 3.84. The van der Waals surface area contributed by atoms with Crippen LogP contribution in [0.3, 0.4) is 0 Å². The Hall–Kier alpha value is -1.58. The van der Waals surface area contributed by atoms with Gasteiger partial charge >= 0.3 is 0 Å². The number of rotatable bonds is 3. The highest BCUT2D eigenvalue weighted by atomic mass is 35.5. The first-order chi connectivity index (χ1) is 8.60. The van der Waals surface area contributed by atoms with Gasteiger partial charge in [-0.05, 0) is 36.4 Å². The molecule has 5 heteroatoms. The van der Waals surface area contributed by atoms with Gasteiger partial charge in [0.2, 0.25) is 0 Å². The Balaban J connectivity index is 2.26. The summed E-state index contributed by atoms with van der Waals surface area (Å²) in [5, 5.41) is 4.26. The number of anilines is 3. The smallest absolute Gasteiger partial charge is 0.137 e. The van der Waals surface area contributed by atoms with Crippen molar-refractivity contribution in [3.8, 4) is 5.75 Å². The van der Waals surface area contributed by atoms with Crippen molar-refractivity contribution in [1.82, 2.24) is 0 Å². The van der Waals surface area contributed by atoms with Crippen LogP contribution in [0.1, 0.15) is 0 Å². The quantitative estimate of drug-likeness (QED) is 0.824. The van der Waals surface area contributed by atoms with E-state index in [1.165, 1.54) is 0 Å². The number of methoxy groups -OCH3 is 1. The van der Waals surface area contributed by atoms with Gasteiger partial charge in [-0.25, -0.2) is 0 Å². The molecule has 0 aliphatic rings. The van der Waals surface area contributed by atoms with Crippen molar-refractivity contribution < 1.29 is 4.74 Å². The fourth-order valence-corrected chi connectivity index (χ4v) is 2.03. The lowest BCUT2D eigenvalue weighted by Gasteiger charge is -2.10. The molecule has 2 aromatic carbocycles. The first-order valence-corrected chi connectivity index (χ1v) is 6.01. The van der Waals surface area contributed by atoms with Crippen molar-refractivity contribution >= 4 is 40.3 Å². The van der Waals surface area contributed by atoms with Gasteiger partial charge in [0.15, 0.2) is 0 Å². The normalized spacial score (nSPS) is 10.2. The molecular weight excluding hydrogens is 271 g/mol. The maximum Gasteiger partial charge on any atom is 0.137 e. The maximum atomic E-state index is 6.08. The van der Waals surface area contributed by atoms with Crippen LogP contribution >= 0.6 is 23.2 Å². The van der Waals surface area contributed by atoms with E-state index in [-0.39, 0.29) is 0 Å². The third kappa shape index (κ3) is 2.81. The highest BCUT2D eigenvalue weighted by Gasteiger charge is 2.04. The number of halogens is 2. The highest BCUT2D eigenvalue weighted by molar-refractivity contribution is 6.34. The largest absolute Gasteiger partial charge is 0.495 e. The summed E-state index contributed by atoms with van der Waals surface area (Å²) in [5.41, 5.74) is 7.85. The average molecular weight is 283 g/mol. The highest BCUT2D eigenvalue weighted by Crippen LogP contribution is 2.31. The second kappa shape index (κ2) is 5.38. The summed E-state index contributed by atoms with van der Waals surface area (Å²) in [5.74, 6) is 0.630. The van der Waals surface area contributed by atoms with Crippen LogP contribution in [0.5, 0.6) is 5.75 Å². The lowest BCUT2D eigenvalue weighted by Crippen LogP contribution is -1.93. The Bertz CT molecular complexity index is 573. The van der Waals surface area contributed by atoms with Crippen molar-refractivity contribution in [2.45, 2.75) is 0 Å². The lowest BCUT2D eigenvalue weighted by atomic mass is 10.2. The second-order valence-corrected chi connectivity index (χ2v) is 4.53. The molecule has 0 bridgehead atoms. The maximum absolute atomic E-state index is 6.08. The predicted molar refractivity (Wildman–Crippen MR) is 77.2 cm³/mol. The van der Waals surface area contributed by atoms with Crippen LogP contribution in [0, 0.1) is 0 Å². The van der Waals surface area contributed by atoms with E-state index < -0.39 is 0 Å². The van der Waals surface area contributed by atoms with Gasteiger partial charge in [-0.15, -0.1) is 0 Å². The Morgan fingerprint density at radius 1 is 1.06 bits per heavy atom. The van der Waals surface area contributed by atoms with Gasteiger partial charge in [0, 0.05) is 11.4 Å². The number of nitrogen functional groups attached to an aromatic ring is 1. The van der Waals surface area contributed by atoms with E-state index in [1.807, 2.05) is 12.1 Å². The van der Waals surface area contributed by atoms with Crippen LogP contribution in [0.15, 0.2) is 36.4 Å². The van der Waals surface area contributed by atoms with Gasteiger partial charge in [0.05, 0.1) is 22.8 Å². The summed E-state index contributed by atoms with van der Waals surface area (Å²) >= 11 is 12.1. The Morgan fingerprint density at radius 2 is 1.83 bits per heavy atom. The minimum Gasteiger partial charge on any atom is -0.495 e. The van der Waals surface area contributed by atoms with E-state index in [1.54, 1.807) is 31.4 Å². The molecule has 0 spiro atoms. The number of nitrogens with two attached hydrogens (primary N) is 1. The molecule has 0 fully saturated rings. The molecule has 0 radical (unpaired) electrons. The molecule has 3 nitrogen and oxygen atoms in total. The van der Waals surface area contributed by atoms with Crippen molar-refractivity contribution in [3.63, 3.8) is 0 Å². The van der Waals surface area contributed by atoms with E-state index in [0.717, 1.165) is 11.4 Å². The number of hydrogen-bond acceptors (Lipinski definition) is 3. The number of hydrogen-bond donors (Lipinski definition) is 2. The molecule has 18 heavy (non-hydrogen) atoms. The second-order valence-electron chi connectivity index (χ2n) is 3.71. The molecule has 3 N–H and O–H groups in total. The summed E-state index contributed by atoms with van der Waals surface area (Å²) in [4.78, 5) is 0. The van der Waals surface area contributed by atoms with E-state index in [2.05, 4.69) is 5.32 Å². The van der Waals surface area contributed by atoms with Crippen LogP contribution in [-0.2, 0) is 0 Å². The number of benzene rings is 2. The molecule has 0 aromatic heterocycles. The SMILES string of the molecule is COc1ccc(Nc2ccc(N)cc2Cl)cc1Cl. The molecule has 0 aliphatic heterocycles. The van der Waals surface area contributed by atoms with Gasteiger partial charge in [0.25, 0.3) is 0 Å². The molecule has 0 aliphatic carbocycles. The average Bonchev–Trinajstić information content (AvgIpc) is 2.33. The first-order valence-electron chi connectivity index (χ1n) is 5.26. The number of nitrogens with one attached hydrogen (secondary N) is 1. The molecule has 0 saturated heterocycles. The molecule has 0 heterocycles. The summed E-state index contributed by atoms with van der Waals surface area (Å²) in [7, 11) is 1.57. The number of ether oxygens (including phenoxy) is 1. The van der Waals surface area contributed by atoms with Crippen LogP contribution < -0.4 is 15.8 Å². The summed E-state index contributed by atoms with van der Waals surface area (Å²) in [6.07, 6.45) is 0. The Morgan fingerprint density at radius 3 is 2.44 bits per heavy atom. The fourth-order valence-electron chi connectivity index (χ4n) is 1.53. The van der Waals surface area contributed by atoms with E-state index in [4.69, 9.17) is 33.7 Å². The monoisotopic (exact) mass is 282 g/mol. The zero-order chi connectivity index (χ0) is 13.1. The Labute approximate surface area is 115 Å². The van der Waals surface area contributed by atoms with Crippen molar-refractivity contribution in [3.05, 3.63) is 46.4 Å². The van der Waals surface area contributed by atoms with Crippen molar-refractivity contribution in [2.24, 2.45) is 0 Å². The zero-order valence-corrected chi connectivity index (χ0v) is 11.2. The predicted octanol–water partition coefficient (Wildman–Crippen LogP) is 4.33. The van der Waals surface area contributed by atoms with Crippen LogP contribution in [0.25, 0.3) is 0 Å². The molecule has 0 saturated carbocycles. The topological polar surface area (TPSA) is 47.3 Å². The van der Waals surface area contributed by atoms with Crippen LogP contribution in [0.4, 0.5) is 17.1 Å². The fraction of sp³-hybridized carbons (Fsp3) is 0.0769. The molecular formula is C13H12Cl2N2O. The van der Waals surface area contributed by atoms with Crippen LogP contribution in [-0.4, -0.2) is 7.11 Å². The van der Waals surface area contributed by atoms with Gasteiger partial charge < -0.3 is 15.8 Å². The lowest BCUT2D eigenvalue weighted by molar-refractivity contribution is 0.415. The minimum absolute atomic E-state index is 0.536. The van der Waals surface area contributed by atoms with Gasteiger partial charge in [0.1, 0.15) is 5.75 Å². The third-order valence-corrected chi connectivity index (χ3v) is 3.03. The molecule has 0 amide bonds.